The van der Waals surface area contributed by atoms with Gasteiger partial charge in [0.25, 0.3) is 0 Å². The molecule has 0 heterocycles. The summed E-state index contributed by atoms with van der Waals surface area (Å²) in [7, 11) is 0. The van der Waals surface area contributed by atoms with Gasteiger partial charge in [-0.05, 0) is 48.6 Å². The average Bonchev–Trinajstić information content (AvgIpc) is 2.69. The predicted molar refractivity (Wildman–Crippen MR) is 113 cm³/mol. The predicted octanol–water partition coefficient (Wildman–Crippen LogP) is 7.05. The van der Waals surface area contributed by atoms with Crippen LogP contribution in [-0.2, 0) is 0 Å². The number of hydrogen-bond donors (Lipinski definition) is 0. The molecule has 0 unspecified atom stereocenters. The maximum atomic E-state index is 2.41. The first-order valence-electron chi connectivity index (χ1n) is 9.16. The molecule has 0 aliphatic rings. The molecule has 0 aromatic heterocycles. The highest BCUT2D eigenvalue weighted by Gasteiger charge is 2.15. The smallest absolute Gasteiger partial charge is 0.0492 e. The van der Waals surface area contributed by atoms with Crippen LogP contribution in [0.3, 0.4) is 0 Å². The van der Waals surface area contributed by atoms with Crippen molar-refractivity contribution in [3.05, 3.63) is 97.1 Å². The molecule has 0 N–H and O–H groups in total. The molecular formula is C25H23N. The molecule has 26 heavy (non-hydrogen) atoms. The summed E-state index contributed by atoms with van der Waals surface area (Å²) in [5.74, 6) is 0. The van der Waals surface area contributed by atoms with Crippen LogP contribution in [0, 0.1) is 0 Å². The highest BCUT2D eigenvalue weighted by atomic mass is 15.2. The Labute approximate surface area is 155 Å². The molecule has 0 atom stereocenters. The van der Waals surface area contributed by atoms with Gasteiger partial charge < -0.3 is 4.90 Å². The molecule has 0 saturated heterocycles. The molecule has 0 saturated carbocycles. The molecule has 0 fully saturated rings. The van der Waals surface area contributed by atoms with E-state index in [0.717, 1.165) is 0 Å². The van der Waals surface area contributed by atoms with Crippen molar-refractivity contribution in [3.63, 3.8) is 0 Å². The Morgan fingerprint density at radius 1 is 0.577 bits per heavy atom. The van der Waals surface area contributed by atoms with Gasteiger partial charge >= 0.3 is 0 Å². The van der Waals surface area contributed by atoms with Gasteiger partial charge in [-0.1, -0.05) is 78.9 Å². The Balaban J connectivity index is 1.78. The Morgan fingerprint density at radius 2 is 1.19 bits per heavy atom. The van der Waals surface area contributed by atoms with E-state index in [4.69, 9.17) is 0 Å². The second-order valence-corrected chi connectivity index (χ2v) is 6.87. The summed E-state index contributed by atoms with van der Waals surface area (Å²) in [6.45, 7) is 4.49. The fourth-order valence-electron chi connectivity index (χ4n) is 3.58. The molecule has 0 aliphatic carbocycles. The van der Waals surface area contributed by atoms with Gasteiger partial charge in [-0.3, -0.25) is 0 Å². The summed E-state index contributed by atoms with van der Waals surface area (Å²) in [5.41, 5.74) is 4.97. The van der Waals surface area contributed by atoms with Crippen LogP contribution in [0.5, 0.6) is 0 Å². The van der Waals surface area contributed by atoms with Crippen molar-refractivity contribution in [2.24, 2.45) is 0 Å². The zero-order valence-electron chi connectivity index (χ0n) is 15.3. The highest BCUT2D eigenvalue weighted by Crippen LogP contribution is 2.35. The van der Waals surface area contributed by atoms with Crippen LogP contribution in [0.4, 0.5) is 11.4 Å². The van der Waals surface area contributed by atoms with Crippen molar-refractivity contribution in [1.29, 1.82) is 0 Å². The summed E-state index contributed by atoms with van der Waals surface area (Å²) in [6.07, 6.45) is 0. The van der Waals surface area contributed by atoms with E-state index in [1.807, 2.05) is 0 Å². The van der Waals surface area contributed by atoms with E-state index in [1.54, 1.807) is 0 Å². The lowest BCUT2D eigenvalue weighted by Crippen LogP contribution is -2.25. The second kappa shape index (κ2) is 7.05. The number of hydrogen-bond acceptors (Lipinski definition) is 1. The number of nitrogens with zero attached hydrogens (tertiary/aromatic N) is 1. The third-order valence-electron chi connectivity index (χ3n) is 4.80. The zero-order valence-corrected chi connectivity index (χ0v) is 15.3. The maximum absolute atomic E-state index is 2.41. The van der Waals surface area contributed by atoms with Gasteiger partial charge in [-0.15, -0.1) is 0 Å². The summed E-state index contributed by atoms with van der Waals surface area (Å²) in [4.78, 5) is 2.41. The molecule has 4 aromatic rings. The molecule has 128 valence electrons. The van der Waals surface area contributed by atoms with Crippen molar-refractivity contribution in [1.82, 2.24) is 0 Å². The summed E-state index contributed by atoms with van der Waals surface area (Å²) in [6, 6.07) is 34.9. The lowest BCUT2D eigenvalue weighted by molar-refractivity contribution is 0.791. The first kappa shape index (κ1) is 16.4. The van der Waals surface area contributed by atoms with E-state index in [0.29, 0.717) is 6.04 Å². The molecule has 1 heteroatoms. The van der Waals surface area contributed by atoms with E-state index >= 15 is 0 Å². The highest BCUT2D eigenvalue weighted by molar-refractivity contribution is 5.96. The monoisotopic (exact) mass is 337 g/mol. The quantitative estimate of drug-likeness (QED) is 0.385. The summed E-state index contributed by atoms with van der Waals surface area (Å²) in [5, 5.41) is 2.56. The van der Waals surface area contributed by atoms with Crippen molar-refractivity contribution >= 4 is 22.1 Å². The Morgan fingerprint density at radius 3 is 1.92 bits per heavy atom. The minimum atomic E-state index is 0.364. The van der Waals surface area contributed by atoms with Gasteiger partial charge in [0.1, 0.15) is 0 Å². The fourth-order valence-corrected chi connectivity index (χ4v) is 3.58. The number of fused-ring (bicyclic) bond motifs is 1. The van der Waals surface area contributed by atoms with Gasteiger partial charge in [0.2, 0.25) is 0 Å². The average molecular weight is 337 g/mol. The van der Waals surface area contributed by atoms with Crippen molar-refractivity contribution in [2.75, 3.05) is 4.90 Å². The molecule has 4 aromatic carbocycles. The molecule has 0 amide bonds. The second-order valence-electron chi connectivity index (χ2n) is 6.87. The van der Waals surface area contributed by atoms with Crippen molar-refractivity contribution in [2.45, 2.75) is 19.9 Å². The van der Waals surface area contributed by atoms with Crippen molar-refractivity contribution in [3.8, 4) is 11.1 Å². The molecule has 0 bridgehead atoms. The topological polar surface area (TPSA) is 3.24 Å². The summed E-state index contributed by atoms with van der Waals surface area (Å²) >= 11 is 0. The van der Waals surface area contributed by atoms with E-state index in [-0.39, 0.29) is 0 Å². The molecule has 4 rings (SSSR count). The minimum absolute atomic E-state index is 0.364. The summed E-state index contributed by atoms with van der Waals surface area (Å²) < 4.78 is 0. The maximum Gasteiger partial charge on any atom is 0.0492 e. The fraction of sp³-hybridized carbons (Fsp3) is 0.120. The van der Waals surface area contributed by atoms with Gasteiger partial charge in [0.05, 0.1) is 0 Å². The van der Waals surface area contributed by atoms with Gasteiger partial charge in [0.15, 0.2) is 0 Å². The van der Waals surface area contributed by atoms with Crippen LogP contribution in [0.2, 0.25) is 0 Å². The molecule has 0 spiro atoms. The van der Waals surface area contributed by atoms with E-state index in [2.05, 4.69) is 116 Å². The Kier molecular flexibility index (Phi) is 4.45. The lowest BCUT2D eigenvalue weighted by Gasteiger charge is -2.30. The van der Waals surface area contributed by atoms with Crippen LogP contribution >= 0.6 is 0 Å². The Bertz CT molecular complexity index is 996. The first-order valence-corrected chi connectivity index (χ1v) is 9.16. The molecular weight excluding hydrogens is 314 g/mol. The standard InChI is InChI=1S/C25H23N/c1-19(2)26(25-14-8-12-22-11-6-7-13-24(22)25)23-17-15-21(16-18-23)20-9-4-3-5-10-20/h3-19H,1-2H3. The zero-order chi connectivity index (χ0) is 17.9. The number of rotatable bonds is 4. The van der Waals surface area contributed by atoms with Crippen molar-refractivity contribution < 1.29 is 0 Å². The van der Waals surface area contributed by atoms with Crippen LogP contribution in [0.15, 0.2) is 97.1 Å². The van der Waals surface area contributed by atoms with Crippen LogP contribution in [-0.4, -0.2) is 6.04 Å². The molecule has 0 radical (unpaired) electrons. The van der Waals surface area contributed by atoms with E-state index in [9.17, 15) is 0 Å². The number of anilines is 2. The molecule has 1 nitrogen and oxygen atoms in total. The van der Waals surface area contributed by atoms with Crippen LogP contribution < -0.4 is 4.90 Å². The third kappa shape index (κ3) is 3.09. The molecule has 0 aliphatic heterocycles. The first-order chi connectivity index (χ1) is 12.7. The normalized spacial score (nSPS) is 11.0. The Hall–Kier alpha value is -3.06. The van der Waals surface area contributed by atoms with Gasteiger partial charge in [-0.2, -0.15) is 0 Å². The van der Waals surface area contributed by atoms with E-state index < -0.39 is 0 Å². The lowest BCUT2D eigenvalue weighted by atomic mass is 10.0. The largest absolute Gasteiger partial charge is 0.338 e. The third-order valence-corrected chi connectivity index (χ3v) is 4.80. The van der Waals surface area contributed by atoms with Gasteiger partial charge in [0, 0.05) is 22.8 Å². The van der Waals surface area contributed by atoms with Crippen LogP contribution in [0.25, 0.3) is 21.9 Å². The SMILES string of the molecule is CC(C)N(c1ccc(-c2ccccc2)cc1)c1cccc2ccccc12. The number of benzene rings is 4. The van der Waals surface area contributed by atoms with Crippen LogP contribution in [0.1, 0.15) is 13.8 Å². The minimum Gasteiger partial charge on any atom is -0.338 e. The van der Waals surface area contributed by atoms with Gasteiger partial charge in [-0.25, -0.2) is 0 Å². The van der Waals surface area contributed by atoms with E-state index in [1.165, 1.54) is 33.3 Å².